The van der Waals surface area contributed by atoms with E-state index in [0.717, 1.165) is 17.4 Å². The summed E-state index contributed by atoms with van der Waals surface area (Å²) >= 11 is 3.27. The van der Waals surface area contributed by atoms with Crippen molar-refractivity contribution in [2.24, 2.45) is 0 Å². The molecule has 4 nitrogen and oxygen atoms in total. The molecule has 0 saturated heterocycles. The number of aromatic nitrogens is 1. The lowest BCUT2D eigenvalue weighted by Crippen LogP contribution is -2.26. The summed E-state index contributed by atoms with van der Waals surface area (Å²) < 4.78 is 0.811. The van der Waals surface area contributed by atoms with Gasteiger partial charge in [-0.3, -0.25) is 9.78 Å². The minimum absolute atomic E-state index is 0. The molecule has 7 heteroatoms. The number of hydrogen-bond acceptors (Lipinski definition) is 3. The molecule has 0 aromatic carbocycles. The van der Waals surface area contributed by atoms with Gasteiger partial charge >= 0.3 is 0 Å². The van der Waals surface area contributed by atoms with Crippen LogP contribution >= 0.6 is 40.7 Å². The average Bonchev–Trinajstić information content (AvgIpc) is 2.24. The topological polar surface area (TPSA) is 54.0 Å². The highest BCUT2D eigenvalue weighted by Gasteiger charge is 2.04. The van der Waals surface area contributed by atoms with Crippen molar-refractivity contribution in [3.63, 3.8) is 0 Å². The van der Waals surface area contributed by atoms with Gasteiger partial charge in [0.05, 0.1) is 5.56 Å². The first kappa shape index (κ1) is 19.0. The van der Waals surface area contributed by atoms with Crippen LogP contribution < -0.4 is 10.6 Å². The lowest BCUT2D eigenvalue weighted by atomic mass is 10.2. The first-order valence-corrected chi connectivity index (χ1v) is 5.56. The first-order valence-electron chi connectivity index (χ1n) is 4.77. The SMILES string of the molecule is CNCCCNC(=O)c1cncc(Br)c1.Cl.Cl. The van der Waals surface area contributed by atoms with E-state index in [4.69, 9.17) is 0 Å². The van der Waals surface area contributed by atoms with Crippen LogP contribution in [0.5, 0.6) is 0 Å². The van der Waals surface area contributed by atoms with Gasteiger partial charge in [0.1, 0.15) is 0 Å². The highest BCUT2D eigenvalue weighted by atomic mass is 79.9. The normalized spacial score (nSPS) is 8.82. The van der Waals surface area contributed by atoms with E-state index in [-0.39, 0.29) is 30.7 Å². The third-order valence-corrected chi connectivity index (χ3v) is 2.29. The van der Waals surface area contributed by atoms with E-state index >= 15 is 0 Å². The summed E-state index contributed by atoms with van der Waals surface area (Å²) in [5.74, 6) is -0.0834. The molecule has 0 aliphatic rings. The summed E-state index contributed by atoms with van der Waals surface area (Å²) in [6.07, 6.45) is 4.12. The molecule has 0 spiro atoms. The van der Waals surface area contributed by atoms with Crippen molar-refractivity contribution in [1.29, 1.82) is 0 Å². The molecule has 98 valence electrons. The molecule has 0 fully saturated rings. The molecule has 1 aromatic heterocycles. The van der Waals surface area contributed by atoms with Crippen LogP contribution in [0.15, 0.2) is 22.9 Å². The second kappa shape index (κ2) is 10.8. The Kier molecular flexibility index (Phi) is 12.0. The van der Waals surface area contributed by atoms with Crippen molar-refractivity contribution in [3.05, 3.63) is 28.5 Å². The van der Waals surface area contributed by atoms with Gasteiger partial charge in [0, 0.05) is 23.4 Å². The van der Waals surface area contributed by atoms with Gasteiger partial charge in [0.25, 0.3) is 5.91 Å². The predicted octanol–water partition coefficient (Wildman–Crippen LogP) is 2.03. The minimum atomic E-state index is -0.0834. The number of pyridine rings is 1. The summed E-state index contributed by atoms with van der Waals surface area (Å²) in [5, 5.41) is 5.84. The van der Waals surface area contributed by atoms with Gasteiger partial charge < -0.3 is 10.6 Å². The van der Waals surface area contributed by atoms with Crippen molar-refractivity contribution >= 4 is 46.7 Å². The third-order valence-electron chi connectivity index (χ3n) is 1.86. The molecular weight excluding hydrogens is 329 g/mol. The third kappa shape index (κ3) is 7.54. The Bertz CT molecular complexity index is 339. The van der Waals surface area contributed by atoms with E-state index in [1.807, 2.05) is 7.05 Å². The molecule has 1 amide bonds. The smallest absolute Gasteiger partial charge is 0.252 e. The molecule has 0 radical (unpaired) electrons. The summed E-state index contributed by atoms with van der Waals surface area (Å²) in [6.45, 7) is 1.57. The van der Waals surface area contributed by atoms with E-state index < -0.39 is 0 Å². The zero-order valence-electron chi connectivity index (χ0n) is 9.40. The largest absolute Gasteiger partial charge is 0.352 e. The summed E-state index contributed by atoms with van der Waals surface area (Å²) in [5.41, 5.74) is 0.578. The lowest BCUT2D eigenvalue weighted by molar-refractivity contribution is 0.0953. The van der Waals surface area contributed by atoms with Gasteiger partial charge in [-0.25, -0.2) is 0 Å². The number of rotatable bonds is 5. The van der Waals surface area contributed by atoms with Gasteiger partial charge in [0.2, 0.25) is 0 Å². The van der Waals surface area contributed by atoms with Gasteiger partial charge in [-0.05, 0) is 42.0 Å². The first-order chi connectivity index (χ1) is 7.24. The molecule has 0 aliphatic heterocycles. The van der Waals surface area contributed by atoms with E-state index in [1.165, 1.54) is 0 Å². The number of carbonyl (C=O) groups is 1. The van der Waals surface area contributed by atoms with Crippen LogP contribution in [0.4, 0.5) is 0 Å². The van der Waals surface area contributed by atoms with Gasteiger partial charge in [0.15, 0.2) is 0 Å². The molecule has 1 rings (SSSR count). The number of nitrogens with zero attached hydrogens (tertiary/aromatic N) is 1. The van der Waals surface area contributed by atoms with Crippen LogP contribution in [-0.2, 0) is 0 Å². The zero-order valence-corrected chi connectivity index (χ0v) is 12.6. The fourth-order valence-electron chi connectivity index (χ4n) is 1.11. The van der Waals surface area contributed by atoms with Crippen LogP contribution in [0.1, 0.15) is 16.8 Å². The second-order valence-corrected chi connectivity index (χ2v) is 4.02. The standard InChI is InChI=1S/C10H14BrN3O.2ClH/c1-12-3-2-4-14-10(15)8-5-9(11)7-13-6-8;;/h5-7,12H,2-4H2,1H3,(H,14,15);2*1H. The van der Waals surface area contributed by atoms with E-state index in [2.05, 4.69) is 31.5 Å². The lowest BCUT2D eigenvalue weighted by Gasteiger charge is -2.04. The quantitative estimate of drug-likeness (QED) is 0.803. The number of hydrogen-bond donors (Lipinski definition) is 2. The van der Waals surface area contributed by atoms with Crippen molar-refractivity contribution in [2.45, 2.75) is 6.42 Å². The van der Waals surface area contributed by atoms with Crippen molar-refractivity contribution in [1.82, 2.24) is 15.6 Å². The fourth-order valence-corrected chi connectivity index (χ4v) is 1.47. The van der Waals surface area contributed by atoms with Crippen molar-refractivity contribution in [2.75, 3.05) is 20.1 Å². The average molecular weight is 345 g/mol. The Morgan fingerprint density at radius 3 is 2.65 bits per heavy atom. The van der Waals surface area contributed by atoms with E-state index in [0.29, 0.717) is 12.1 Å². The maximum absolute atomic E-state index is 11.6. The number of amides is 1. The van der Waals surface area contributed by atoms with Crippen LogP contribution in [-0.4, -0.2) is 31.0 Å². The summed E-state index contributed by atoms with van der Waals surface area (Å²) in [4.78, 5) is 15.5. The van der Waals surface area contributed by atoms with Crippen LogP contribution in [0.2, 0.25) is 0 Å². The Morgan fingerprint density at radius 1 is 1.35 bits per heavy atom. The van der Waals surface area contributed by atoms with Gasteiger partial charge in [-0.2, -0.15) is 0 Å². The highest BCUT2D eigenvalue weighted by Crippen LogP contribution is 2.09. The van der Waals surface area contributed by atoms with Gasteiger partial charge in [-0.1, -0.05) is 0 Å². The maximum Gasteiger partial charge on any atom is 0.252 e. The van der Waals surface area contributed by atoms with Crippen LogP contribution in [0, 0.1) is 0 Å². The molecule has 0 saturated carbocycles. The molecular formula is C10H16BrCl2N3O. The number of halogens is 3. The Morgan fingerprint density at radius 2 is 2.06 bits per heavy atom. The molecule has 1 aromatic rings. The Labute approximate surface area is 122 Å². The summed E-state index contributed by atoms with van der Waals surface area (Å²) in [7, 11) is 1.89. The second-order valence-electron chi connectivity index (χ2n) is 3.10. The number of carbonyl (C=O) groups excluding carboxylic acids is 1. The molecule has 2 N–H and O–H groups in total. The predicted molar refractivity (Wildman–Crippen MR) is 77.3 cm³/mol. The molecule has 0 unspecified atom stereocenters. The van der Waals surface area contributed by atoms with Crippen LogP contribution in [0.25, 0.3) is 0 Å². The fraction of sp³-hybridized carbons (Fsp3) is 0.400. The van der Waals surface area contributed by atoms with E-state index in [1.54, 1.807) is 18.5 Å². The zero-order chi connectivity index (χ0) is 11.1. The van der Waals surface area contributed by atoms with Crippen molar-refractivity contribution in [3.8, 4) is 0 Å². The Hall–Kier alpha value is -0.360. The Balaban J connectivity index is 0. The molecule has 17 heavy (non-hydrogen) atoms. The highest BCUT2D eigenvalue weighted by molar-refractivity contribution is 9.10. The monoisotopic (exact) mass is 343 g/mol. The molecule has 0 bridgehead atoms. The van der Waals surface area contributed by atoms with Crippen molar-refractivity contribution < 1.29 is 4.79 Å². The van der Waals surface area contributed by atoms with E-state index in [9.17, 15) is 4.79 Å². The van der Waals surface area contributed by atoms with Crippen LogP contribution in [0.3, 0.4) is 0 Å². The molecule has 0 atom stereocenters. The minimum Gasteiger partial charge on any atom is -0.352 e. The molecule has 1 heterocycles. The summed E-state index contributed by atoms with van der Waals surface area (Å²) in [6, 6.07) is 1.75. The number of nitrogens with one attached hydrogen (secondary N) is 2. The van der Waals surface area contributed by atoms with Gasteiger partial charge in [-0.15, -0.1) is 24.8 Å². The maximum atomic E-state index is 11.6. The molecule has 0 aliphatic carbocycles.